The Morgan fingerprint density at radius 1 is 1.18 bits per heavy atom. The Hall–Kier alpha value is -0.410. The zero-order valence-electron chi connectivity index (χ0n) is 7.26. The second-order valence-corrected chi connectivity index (χ2v) is 2.37. The molecule has 0 bridgehead atoms. The van der Waals surface area contributed by atoms with E-state index in [-0.39, 0.29) is 12.4 Å². The van der Waals surface area contributed by atoms with E-state index in [9.17, 15) is 4.79 Å². The number of carbonyl (C=O) groups excluding carboxylic acids is 1. The van der Waals surface area contributed by atoms with Crippen LogP contribution in [0, 0.1) is 0 Å². The van der Waals surface area contributed by atoms with Gasteiger partial charge in [0.15, 0.2) is 5.78 Å². The van der Waals surface area contributed by atoms with E-state index in [1.807, 2.05) is 0 Å². The van der Waals surface area contributed by atoms with Crippen LogP contribution in [0.15, 0.2) is 0 Å². The average molecular weight is 160 g/mol. The molecule has 0 unspecified atom stereocenters. The Kier molecular flexibility index (Phi) is 7.41. The minimum Gasteiger partial charge on any atom is -0.379 e. The first-order valence-corrected chi connectivity index (χ1v) is 3.92. The van der Waals surface area contributed by atoms with E-state index in [1.54, 1.807) is 0 Å². The number of carbonyl (C=O) groups is 1. The number of ether oxygens (including phenoxy) is 2. The molecule has 0 spiro atoms. The Morgan fingerprint density at radius 2 is 1.82 bits per heavy atom. The molecule has 0 aliphatic heterocycles. The van der Waals surface area contributed by atoms with Crippen molar-refractivity contribution >= 4 is 5.78 Å². The highest BCUT2D eigenvalue weighted by Gasteiger charge is 1.91. The van der Waals surface area contributed by atoms with Gasteiger partial charge in [0.2, 0.25) is 0 Å². The fourth-order valence-electron chi connectivity index (χ4n) is 0.580. The van der Waals surface area contributed by atoms with Gasteiger partial charge < -0.3 is 9.47 Å². The van der Waals surface area contributed by atoms with E-state index >= 15 is 0 Å². The molecular weight excluding hydrogens is 144 g/mol. The Morgan fingerprint density at radius 3 is 2.36 bits per heavy atom. The predicted molar refractivity (Wildman–Crippen MR) is 42.6 cm³/mol. The summed E-state index contributed by atoms with van der Waals surface area (Å²) in [5, 5.41) is 0. The second-order valence-electron chi connectivity index (χ2n) is 2.37. The topological polar surface area (TPSA) is 35.5 Å². The minimum atomic E-state index is 0.0560. The monoisotopic (exact) mass is 160 g/mol. The molecule has 0 aromatic rings. The molecule has 0 aliphatic carbocycles. The number of Topliss-reactive ketones (excluding diaryl/α,β-unsaturated/α-hetero) is 1. The normalized spacial score (nSPS) is 10.0. The van der Waals surface area contributed by atoms with Crippen LogP contribution < -0.4 is 0 Å². The quantitative estimate of drug-likeness (QED) is 0.521. The van der Waals surface area contributed by atoms with Crippen LogP contribution in [0.5, 0.6) is 0 Å². The maximum absolute atomic E-state index is 10.4. The maximum Gasteiger partial charge on any atom is 0.155 e. The number of ketones is 1. The molecule has 0 N–H and O–H groups in total. The van der Waals surface area contributed by atoms with Crippen molar-refractivity contribution in [2.75, 3.05) is 26.4 Å². The molecule has 3 heteroatoms. The van der Waals surface area contributed by atoms with E-state index in [2.05, 4.69) is 6.92 Å². The minimum absolute atomic E-state index is 0.0560. The van der Waals surface area contributed by atoms with Crippen molar-refractivity contribution in [3.05, 3.63) is 0 Å². The van der Waals surface area contributed by atoms with Gasteiger partial charge in [-0.1, -0.05) is 6.92 Å². The summed E-state index contributed by atoms with van der Waals surface area (Å²) in [6, 6.07) is 0. The Labute approximate surface area is 67.7 Å². The third-order valence-corrected chi connectivity index (χ3v) is 1.03. The molecular formula is C8H16O3. The van der Waals surface area contributed by atoms with Gasteiger partial charge in [-0.3, -0.25) is 4.79 Å². The van der Waals surface area contributed by atoms with E-state index in [0.29, 0.717) is 13.2 Å². The highest BCUT2D eigenvalue weighted by Crippen LogP contribution is 1.81. The van der Waals surface area contributed by atoms with Crippen LogP contribution in [0.2, 0.25) is 0 Å². The van der Waals surface area contributed by atoms with E-state index in [4.69, 9.17) is 9.47 Å². The van der Waals surface area contributed by atoms with Gasteiger partial charge in [0.25, 0.3) is 0 Å². The van der Waals surface area contributed by atoms with Crippen molar-refractivity contribution in [1.82, 2.24) is 0 Å². The fourth-order valence-corrected chi connectivity index (χ4v) is 0.580. The zero-order chi connectivity index (χ0) is 8.53. The molecule has 0 aromatic heterocycles. The van der Waals surface area contributed by atoms with Gasteiger partial charge in [0, 0.05) is 6.61 Å². The molecule has 0 heterocycles. The van der Waals surface area contributed by atoms with Gasteiger partial charge >= 0.3 is 0 Å². The number of hydrogen-bond donors (Lipinski definition) is 0. The molecule has 0 saturated heterocycles. The molecule has 66 valence electrons. The van der Waals surface area contributed by atoms with Crippen molar-refractivity contribution in [1.29, 1.82) is 0 Å². The summed E-state index contributed by atoms with van der Waals surface area (Å²) in [5.74, 6) is 0.0560. The van der Waals surface area contributed by atoms with Crippen LogP contribution in [0.25, 0.3) is 0 Å². The first-order chi connectivity index (χ1) is 5.27. The van der Waals surface area contributed by atoms with Gasteiger partial charge in [0.1, 0.15) is 6.61 Å². The summed E-state index contributed by atoms with van der Waals surface area (Å²) >= 11 is 0. The standard InChI is InChI=1S/C8H16O3/c1-3-4-10-5-6-11-7-8(2)9/h3-7H2,1-2H3. The summed E-state index contributed by atoms with van der Waals surface area (Å²) in [4.78, 5) is 10.4. The molecule has 0 aromatic carbocycles. The maximum atomic E-state index is 10.4. The summed E-state index contributed by atoms with van der Waals surface area (Å²) in [5.41, 5.74) is 0. The summed E-state index contributed by atoms with van der Waals surface area (Å²) in [6.07, 6.45) is 1.02. The Bertz CT molecular complexity index is 102. The summed E-state index contributed by atoms with van der Waals surface area (Å²) < 4.78 is 10.1. The molecule has 3 nitrogen and oxygen atoms in total. The molecule has 0 aliphatic rings. The summed E-state index contributed by atoms with van der Waals surface area (Å²) in [6.45, 7) is 5.63. The summed E-state index contributed by atoms with van der Waals surface area (Å²) in [7, 11) is 0. The number of rotatable bonds is 7. The van der Waals surface area contributed by atoms with Crippen molar-refractivity contribution in [3.8, 4) is 0 Å². The van der Waals surface area contributed by atoms with E-state index in [0.717, 1.165) is 13.0 Å². The number of hydrogen-bond acceptors (Lipinski definition) is 3. The lowest BCUT2D eigenvalue weighted by Gasteiger charge is -2.01. The molecule has 0 fully saturated rings. The Balaban J connectivity index is 2.85. The van der Waals surface area contributed by atoms with Crippen molar-refractivity contribution in [2.24, 2.45) is 0 Å². The first kappa shape index (κ1) is 10.6. The average Bonchev–Trinajstić information content (AvgIpc) is 1.96. The smallest absolute Gasteiger partial charge is 0.155 e. The van der Waals surface area contributed by atoms with Crippen molar-refractivity contribution in [2.45, 2.75) is 20.3 Å². The van der Waals surface area contributed by atoms with Crippen molar-refractivity contribution in [3.63, 3.8) is 0 Å². The van der Waals surface area contributed by atoms with Gasteiger partial charge in [-0.15, -0.1) is 0 Å². The van der Waals surface area contributed by atoms with Crippen molar-refractivity contribution < 1.29 is 14.3 Å². The van der Waals surface area contributed by atoms with E-state index in [1.165, 1.54) is 6.92 Å². The van der Waals surface area contributed by atoms with Crippen LogP contribution in [0.3, 0.4) is 0 Å². The SMILES string of the molecule is CCCOCCOCC(C)=O. The van der Waals surface area contributed by atoms with Crippen LogP contribution in [-0.2, 0) is 14.3 Å². The lowest BCUT2D eigenvalue weighted by atomic mass is 10.5. The lowest BCUT2D eigenvalue weighted by molar-refractivity contribution is -0.121. The highest BCUT2D eigenvalue weighted by atomic mass is 16.5. The lowest BCUT2D eigenvalue weighted by Crippen LogP contribution is -2.09. The van der Waals surface area contributed by atoms with E-state index < -0.39 is 0 Å². The third kappa shape index (κ3) is 9.59. The van der Waals surface area contributed by atoms with Gasteiger partial charge in [-0.2, -0.15) is 0 Å². The molecule has 0 radical (unpaired) electrons. The molecule has 0 rings (SSSR count). The van der Waals surface area contributed by atoms with Crippen LogP contribution in [0.1, 0.15) is 20.3 Å². The van der Waals surface area contributed by atoms with Crippen LogP contribution in [-0.4, -0.2) is 32.2 Å². The molecule has 0 atom stereocenters. The van der Waals surface area contributed by atoms with Crippen LogP contribution >= 0.6 is 0 Å². The molecule has 0 amide bonds. The first-order valence-electron chi connectivity index (χ1n) is 3.92. The molecule has 11 heavy (non-hydrogen) atoms. The van der Waals surface area contributed by atoms with Gasteiger partial charge in [-0.05, 0) is 13.3 Å². The predicted octanol–water partition coefficient (Wildman–Crippen LogP) is 1.02. The second kappa shape index (κ2) is 7.69. The van der Waals surface area contributed by atoms with Crippen LogP contribution in [0.4, 0.5) is 0 Å². The third-order valence-electron chi connectivity index (χ3n) is 1.03. The van der Waals surface area contributed by atoms with Gasteiger partial charge in [0.05, 0.1) is 13.2 Å². The van der Waals surface area contributed by atoms with Gasteiger partial charge in [-0.25, -0.2) is 0 Å². The fraction of sp³-hybridized carbons (Fsp3) is 0.875. The zero-order valence-corrected chi connectivity index (χ0v) is 7.26. The highest BCUT2D eigenvalue weighted by molar-refractivity contribution is 5.76. The molecule has 0 saturated carbocycles. The largest absolute Gasteiger partial charge is 0.379 e.